The summed E-state index contributed by atoms with van der Waals surface area (Å²) in [5.41, 5.74) is 6.12. The standard InChI is InChI=1S/C18H27ClN4O3.HI/c1-18(2,3)26-17(24)23-14(11-5-6-11)10-21-16(20)22-12-7-8-15(25-4)13(19)9-12;/h7-9,11,14H,5-6,10H2,1-4H3,(H,23,24)(H3,20,21,22);1H. The van der Waals surface area contributed by atoms with Crippen LogP contribution in [0.25, 0.3) is 0 Å². The molecule has 0 heterocycles. The van der Waals surface area contributed by atoms with E-state index in [-0.39, 0.29) is 36.0 Å². The first kappa shape index (κ1) is 23.6. The Balaban J connectivity index is 0.00000364. The molecule has 4 N–H and O–H groups in total. The van der Waals surface area contributed by atoms with Crippen molar-refractivity contribution in [3.05, 3.63) is 23.2 Å². The number of carbonyl (C=O) groups is 1. The van der Waals surface area contributed by atoms with Crippen LogP contribution in [-0.2, 0) is 4.74 Å². The SMILES string of the molecule is COc1ccc(NC(N)=NCC(NC(=O)OC(C)(C)C)C2CC2)cc1Cl.I. The van der Waals surface area contributed by atoms with Crippen LogP contribution in [0.4, 0.5) is 10.5 Å². The molecule has 0 aliphatic heterocycles. The molecule has 27 heavy (non-hydrogen) atoms. The number of ether oxygens (including phenoxy) is 2. The van der Waals surface area contributed by atoms with E-state index in [1.165, 1.54) is 0 Å². The van der Waals surface area contributed by atoms with Crippen molar-refractivity contribution in [1.82, 2.24) is 5.32 Å². The number of halogens is 2. The zero-order chi connectivity index (χ0) is 19.3. The Morgan fingerprint density at radius 1 is 1.41 bits per heavy atom. The van der Waals surface area contributed by atoms with Gasteiger partial charge in [0.1, 0.15) is 11.4 Å². The lowest BCUT2D eigenvalue weighted by atomic mass is 10.2. The molecule has 1 amide bonds. The van der Waals surface area contributed by atoms with E-state index in [4.69, 9.17) is 26.8 Å². The molecule has 1 aromatic carbocycles. The fourth-order valence-corrected chi connectivity index (χ4v) is 2.66. The number of carbonyl (C=O) groups excluding carboxylic acids is 1. The van der Waals surface area contributed by atoms with Gasteiger partial charge in [-0.25, -0.2) is 4.79 Å². The molecule has 1 unspecified atom stereocenters. The lowest BCUT2D eigenvalue weighted by Gasteiger charge is -2.23. The molecule has 1 aromatic rings. The van der Waals surface area contributed by atoms with Crippen molar-refractivity contribution in [1.29, 1.82) is 0 Å². The van der Waals surface area contributed by atoms with Crippen LogP contribution >= 0.6 is 35.6 Å². The maximum atomic E-state index is 12.0. The van der Waals surface area contributed by atoms with Gasteiger partial charge in [0.15, 0.2) is 5.96 Å². The van der Waals surface area contributed by atoms with Crippen LogP contribution < -0.4 is 21.1 Å². The minimum Gasteiger partial charge on any atom is -0.495 e. The first-order chi connectivity index (χ1) is 12.2. The largest absolute Gasteiger partial charge is 0.495 e. The fourth-order valence-electron chi connectivity index (χ4n) is 2.40. The Morgan fingerprint density at radius 2 is 2.07 bits per heavy atom. The molecule has 9 heteroatoms. The third kappa shape index (κ3) is 8.42. The predicted octanol–water partition coefficient (Wildman–Crippen LogP) is 4.00. The quantitative estimate of drug-likeness (QED) is 0.305. The molecule has 2 rings (SSSR count). The van der Waals surface area contributed by atoms with Crippen LogP contribution in [-0.4, -0.2) is 37.4 Å². The number of aliphatic imine (C=N–C) groups is 1. The van der Waals surface area contributed by atoms with Crippen molar-refractivity contribution >= 4 is 53.3 Å². The zero-order valence-electron chi connectivity index (χ0n) is 16.0. The molecule has 1 fully saturated rings. The molecule has 152 valence electrons. The van der Waals surface area contributed by atoms with E-state index >= 15 is 0 Å². The van der Waals surface area contributed by atoms with Gasteiger partial charge in [0.25, 0.3) is 0 Å². The van der Waals surface area contributed by atoms with Gasteiger partial charge in [-0.2, -0.15) is 0 Å². The predicted molar refractivity (Wildman–Crippen MR) is 119 cm³/mol. The number of rotatable bonds is 6. The number of hydrogen-bond donors (Lipinski definition) is 3. The molecule has 1 atom stereocenters. The molecular formula is C18H28ClIN4O3. The van der Waals surface area contributed by atoms with E-state index in [0.29, 0.717) is 28.9 Å². The molecule has 0 aromatic heterocycles. The number of nitrogens with one attached hydrogen (secondary N) is 2. The third-order valence-electron chi connectivity index (χ3n) is 3.78. The third-order valence-corrected chi connectivity index (χ3v) is 4.07. The Morgan fingerprint density at radius 3 is 2.59 bits per heavy atom. The zero-order valence-corrected chi connectivity index (χ0v) is 19.1. The first-order valence-electron chi connectivity index (χ1n) is 8.58. The summed E-state index contributed by atoms with van der Waals surface area (Å²) in [4.78, 5) is 16.3. The fraction of sp³-hybridized carbons (Fsp3) is 0.556. The molecule has 0 spiro atoms. The summed E-state index contributed by atoms with van der Waals surface area (Å²) in [5, 5.41) is 6.35. The Kier molecular flexibility index (Phi) is 8.93. The van der Waals surface area contributed by atoms with Crippen LogP contribution in [0, 0.1) is 5.92 Å². The second-order valence-electron chi connectivity index (χ2n) is 7.29. The average Bonchev–Trinajstić information content (AvgIpc) is 3.34. The van der Waals surface area contributed by atoms with Gasteiger partial charge in [-0.1, -0.05) is 11.6 Å². The van der Waals surface area contributed by atoms with Crippen molar-refractivity contribution < 1.29 is 14.3 Å². The van der Waals surface area contributed by atoms with E-state index in [0.717, 1.165) is 12.8 Å². The van der Waals surface area contributed by atoms with Gasteiger partial charge in [-0.3, -0.25) is 4.99 Å². The number of alkyl carbamates (subject to hydrolysis) is 1. The number of nitrogens with two attached hydrogens (primary N) is 1. The van der Waals surface area contributed by atoms with E-state index in [1.54, 1.807) is 25.3 Å². The highest BCUT2D eigenvalue weighted by Crippen LogP contribution is 2.33. The summed E-state index contributed by atoms with van der Waals surface area (Å²) in [6.45, 7) is 5.88. The normalized spacial score (nSPS) is 15.4. The molecule has 0 radical (unpaired) electrons. The van der Waals surface area contributed by atoms with Crippen molar-refractivity contribution in [3.8, 4) is 5.75 Å². The van der Waals surface area contributed by atoms with Gasteiger partial charge in [0, 0.05) is 5.69 Å². The van der Waals surface area contributed by atoms with Crippen LogP contribution in [0.5, 0.6) is 5.75 Å². The molecule has 7 nitrogen and oxygen atoms in total. The van der Waals surface area contributed by atoms with Crippen molar-refractivity contribution in [2.24, 2.45) is 16.6 Å². The van der Waals surface area contributed by atoms with Gasteiger partial charge >= 0.3 is 6.09 Å². The summed E-state index contributed by atoms with van der Waals surface area (Å²) in [6.07, 6.45) is 1.70. The monoisotopic (exact) mass is 510 g/mol. The van der Waals surface area contributed by atoms with Gasteiger partial charge < -0.3 is 25.8 Å². The van der Waals surface area contributed by atoms with Gasteiger partial charge in [-0.15, -0.1) is 24.0 Å². The maximum absolute atomic E-state index is 12.0. The Labute approximate surface area is 182 Å². The first-order valence-corrected chi connectivity index (χ1v) is 8.95. The highest BCUT2D eigenvalue weighted by molar-refractivity contribution is 14.0. The number of methoxy groups -OCH3 is 1. The second-order valence-corrected chi connectivity index (χ2v) is 7.70. The average molecular weight is 511 g/mol. The number of benzene rings is 1. The van der Waals surface area contributed by atoms with Crippen LogP contribution in [0.1, 0.15) is 33.6 Å². The van der Waals surface area contributed by atoms with E-state index in [9.17, 15) is 4.79 Å². The molecule has 1 aliphatic rings. The number of nitrogens with zero attached hydrogens (tertiary/aromatic N) is 1. The highest BCUT2D eigenvalue weighted by atomic mass is 127. The van der Waals surface area contributed by atoms with Crippen molar-refractivity contribution in [2.75, 3.05) is 19.0 Å². The second kappa shape index (κ2) is 10.2. The van der Waals surface area contributed by atoms with Crippen LogP contribution in [0.15, 0.2) is 23.2 Å². The van der Waals surface area contributed by atoms with E-state index in [1.807, 2.05) is 20.8 Å². The van der Waals surface area contributed by atoms with Crippen LogP contribution in [0.3, 0.4) is 0 Å². The summed E-state index contributed by atoms with van der Waals surface area (Å²) < 4.78 is 10.4. The highest BCUT2D eigenvalue weighted by Gasteiger charge is 2.33. The minimum atomic E-state index is -0.532. The summed E-state index contributed by atoms with van der Waals surface area (Å²) in [5.74, 6) is 1.25. The van der Waals surface area contributed by atoms with Gasteiger partial charge in [0.05, 0.1) is 24.7 Å². The summed E-state index contributed by atoms with van der Waals surface area (Å²) in [7, 11) is 1.56. The molecular weight excluding hydrogens is 483 g/mol. The summed E-state index contributed by atoms with van der Waals surface area (Å²) >= 11 is 6.09. The maximum Gasteiger partial charge on any atom is 0.407 e. The number of hydrogen-bond acceptors (Lipinski definition) is 4. The van der Waals surface area contributed by atoms with Crippen LogP contribution in [0.2, 0.25) is 5.02 Å². The number of anilines is 1. The van der Waals surface area contributed by atoms with Crippen molar-refractivity contribution in [2.45, 2.75) is 45.3 Å². The lowest BCUT2D eigenvalue weighted by molar-refractivity contribution is 0.0500. The molecule has 1 saturated carbocycles. The van der Waals surface area contributed by atoms with E-state index < -0.39 is 11.7 Å². The molecule has 1 aliphatic carbocycles. The van der Waals surface area contributed by atoms with Gasteiger partial charge in [0.2, 0.25) is 0 Å². The molecule has 0 bridgehead atoms. The lowest BCUT2D eigenvalue weighted by Crippen LogP contribution is -2.42. The smallest absolute Gasteiger partial charge is 0.407 e. The topological polar surface area (TPSA) is 98.0 Å². The number of guanidine groups is 1. The minimum absolute atomic E-state index is 0. The van der Waals surface area contributed by atoms with E-state index in [2.05, 4.69) is 15.6 Å². The summed E-state index contributed by atoms with van der Waals surface area (Å²) in [6, 6.07) is 5.16. The molecule has 0 saturated heterocycles. The Hall–Kier alpha value is -1.42. The van der Waals surface area contributed by atoms with Crippen molar-refractivity contribution in [3.63, 3.8) is 0 Å². The Bertz CT molecular complexity index is 675. The van der Waals surface area contributed by atoms with Gasteiger partial charge in [-0.05, 0) is 57.7 Å². The number of amides is 1.